The van der Waals surface area contributed by atoms with Gasteiger partial charge < -0.3 is 15.4 Å². The quantitative estimate of drug-likeness (QED) is 0.699. The predicted molar refractivity (Wildman–Crippen MR) is 138 cm³/mol. The van der Waals surface area contributed by atoms with Crippen LogP contribution in [0.15, 0.2) is 41.5 Å². The number of amides is 1. The maximum atomic E-state index is 10.3. The van der Waals surface area contributed by atoms with Gasteiger partial charge in [-0.1, -0.05) is 30.0 Å². The van der Waals surface area contributed by atoms with Gasteiger partial charge in [0, 0.05) is 26.7 Å². The number of hydrogen-bond acceptors (Lipinski definition) is 7. The van der Waals surface area contributed by atoms with Crippen molar-refractivity contribution in [2.75, 3.05) is 27.7 Å². The summed E-state index contributed by atoms with van der Waals surface area (Å²) in [7, 11) is 5.38. The molecule has 1 aliphatic heterocycles. The van der Waals surface area contributed by atoms with Crippen molar-refractivity contribution in [3.05, 3.63) is 64.2 Å². The smallest absolute Gasteiger partial charge is 0.235 e. The van der Waals surface area contributed by atoms with Crippen molar-refractivity contribution in [3.63, 3.8) is 0 Å². The zero-order valence-corrected chi connectivity index (χ0v) is 21.4. The van der Waals surface area contributed by atoms with Crippen molar-refractivity contribution in [2.24, 2.45) is 10.8 Å². The van der Waals surface area contributed by atoms with E-state index in [2.05, 4.69) is 24.3 Å². The third-order valence-corrected chi connectivity index (χ3v) is 6.97. The summed E-state index contributed by atoms with van der Waals surface area (Å²) >= 11 is 1.76. The highest BCUT2D eigenvalue weighted by Crippen LogP contribution is 2.43. The summed E-state index contributed by atoms with van der Waals surface area (Å²) in [5.74, 6) is 0.589. The van der Waals surface area contributed by atoms with Crippen LogP contribution in [0.1, 0.15) is 53.5 Å². The fourth-order valence-corrected chi connectivity index (χ4v) is 5.16. The number of carbonyl (C=O) groups is 1. The average Bonchev–Trinajstić information content (AvgIpc) is 3.45. The zero-order chi connectivity index (χ0) is 24.8. The van der Waals surface area contributed by atoms with Crippen molar-refractivity contribution in [1.82, 2.24) is 9.91 Å². The molecule has 0 saturated heterocycles. The van der Waals surface area contributed by atoms with Crippen LogP contribution in [0.4, 0.5) is 0 Å². The number of fused-ring (bicyclic) bond motifs is 1. The van der Waals surface area contributed by atoms with E-state index in [0.717, 1.165) is 17.0 Å². The fraction of sp³-hybridized carbons (Fsp3) is 0.423. The standard InChI is InChI=1S/C22H23N3OS.C4H10N2O/c1-14(2)26-20-11-10-16(12-17(20)13-23)21-24-25(3)22(27-21)19-9-5-7-15-6-4-8-18(15)19;1-6(2)4(7)3-5/h5,7,9-12,14,22H,4,6,8H2,1-3H3;3,5H2,1-2H3. The number of thioether (sulfide) groups is 1. The Labute approximate surface area is 206 Å². The molecular formula is C26H33N5O2S. The number of nitrogens with zero attached hydrogens (tertiary/aromatic N) is 4. The molecule has 2 aromatic carbocycles. The number of benzene rings is 2. The Kier molecular flexibility index (Phi) is 8.59. The van der Waals surface area contributed by atoms with Gasteiger partial charge in [0.05, 0.1) is 18.2 Å². The number of hydrogen-bond donors (Lipinski definition) is 1. The molecule has 1 unspecified atom stereocenters. The molecule has 0 aromatic heterocycles. The predicted octanol–water partition coefficient (Wildman–Crippen LogP) is 3.91. The van der Waals surface area contributed by atoms with Crippen LogP contribution in [-0.4, -0.2) is 54.7 Å². The summed E-state index contributed by atoms with van der Waals surface area (Å²) < 4.78 is 5.74. The van der Waals surface area contributed by atoms with Gasteiger partial charge in [0.25, 0.3) is 0 Å². The van der Waals surface area contributed by atoms with Crippen LogP contribution in [0.3, 0.4) is 0 Å². The molecule has 0 bridgehead atoms. The highest BCUT2D eigenvalue weighted by molar-refractivity contribution is 8.14. The second kappa shape index (κ2) is 11.4. The van der Waals surface area contributed by atoms with Crippen molar-refractivity contribution >= 4 is 22.7 Å². The summed E-state index contributed by atoms with van der Waals surface area (Å²) in [6.45, 7) is 4.03. The molecule has 1 heterocycles. The molecule has 180 valence electrons. The van der Waals surface area contributed by atoms with E-state index in [9.17, 15) is 10.1 Å². The highest BCUT2D eigenvalue weighted by atomic mass is 32.2. The lowest BCUT2D eigenvalue weighted by Gasteiger charge is -2.21. The van der Waals surface area contributed by atoms with Crippen molar-refractivity contribution in [2.45, 2.75) is 44.6 Å². The number of hydrazone groups is 1. The molecule has 8 heteroatoms. The molecule has 2 aliphatic rings. The van der Waals surface area contributed by atoms with Crippen molar-refractivity contribution < 1.29 is 9.53 Å². The lowest BCUT2D eigenvalue weighted by atomic mass is 10.0. The van der Waals surface area contributed by atoms with Crippen LogP contribution in [-0.2, 0) is 17.6 Å². The first-order valence-corrected chi connectivity index (χ1v) is 12.3. The molecule has 0 saturated carbocycles. The molecule has 34 heavy (non-hydrogen) atoms. The second-order valence-corrected chi connectivity index (χ2v) is 9.84. The van der Waals surface area contributed by atoms with Gasteiger partial charge in [-0.2, -0.15) is 10.4 Å². The summed E-state index contributed by atoms with van der Waals surface area (Å²) in [6, 6.07) is 14.7. The Morgan fingerprint density at radius 1 is 1.32 bits per heavy atom. The van der Waals surface area contributed by atoms with Gasteiger partial charge in [-0.3, -0.25) is 9.80 Å². The number of carbonyl (C=O) groups excluding carboxylic acids is 1. The molecule has 7 nitrogen and oxygen atoms in total. The molecule has 2 aromatic rings. The summed E-state index contributed by atoms with van der Waals surface area (Å²) in [5, 5.41) is 17.4. The van der Waals surface area contributed by atoms with Crippen LogP contribution >= 0.6 is 11.8 Å². The molecule has 1 atom stereocenters. The van der Waals surface area contributed by atoms with E-state index in [1.54, 1.807) is 25.9 Å². The first-order valence-electron chi connectivity index (χ1n) is 11.4. The summed E-state index contributed by atoms with van der Waals surface area (Å²) in [5.41, 5.74) is 10.9. The molecular weight excluding hydrogens is 446 g/mol. The molecule has 2 N–H and O–H groups in total. The van der Waals surface area contributed by atoms with Crippen LogP contribution in [0.2, 0.25) is 0 Å². The van der Waals surface area contributed by atoms with E-state index < -0.39 is 0 Å². The largest absolute Gasteiger partial charge is 0.490 e. The van der Waals surface area contributed by atoms with E-state index >= 15 is 0 Å². The van der Waals surface area contributed by atoms with E-state index in [1.807, 2.05) is 44.1 Å². The molecule has 0 radical (unpaired) electrons. The second-order valence-electron chi connectivity index (χ2n) is 8.77. The normalized spacial score (nSPS) is 16.4. The maximum absolute atomic E-state index is 10.3. The highest BCUT2D eigenvalue weighted by Gasteiger charge is 2.30. The minimum atomic E-state index is -0.0417. The molecule has 4 rings (SSSR count). The first kappa shape index (κ1) is 25.6. The SMILES string of the molecule is CC(C)Oc1ccc(C2=NN(C)C(c3cccc4c3CCC4)S2)cc1C#N.CN(C)C(=O)CN. The Morgan fingerprint density at radius 3 is 2.71 bits per heavy atom. The summed E-state index contributed by atoms with van der Waals surface area (Å²) in [6.07, 6.45) is 3.62. The van der Waals surface area contributed by atoms with Crippen LogP contribution in [0.5, 0.6) is 5.75 Å². The number of rotatable bonds is 5. The minimum absolute atomic E-state index is 0.0387. The van der Waals surface area contributed by atoms with Gasteiger partial charge >= 0.3 is 0 Å². The molecule has 0 spiro atoms. The Hall–Kier alpha value is -3.02. The Bertz CT molecular complexity index is 1110. The van der Waals surface area contributed by atoms with Gasteiger partial charge in [-0.05, 0) is 68.0 Å². The topological polar surface area (TPSA) is 95.0 Å². The first-order chi connectivity index (χ1) is 16.2. The summed E-state index contributed by atoms with van der Waals surface area (Å²) in [4.78, 5) is 11.8. The number of aryl methyl sites for hydroxylation is 1. The molecule has 1 aliphatic carbocycles. The zero-order valence-electron chi connectivity index (χ0n) is 20.5. The monoisotopic (exact) mass is 479 g/mol. The number of ether oxygens (including phenoxy) is 1. The van der Waals surface area contributed by atoms with Crippen molar-refractivity contribution in [1.29, 1.82) is 5.26 Å². The number of nitrogens with two attached hydrogens (primary N) is 1. The number of likely N-dealkylation sites (N-methyl/N-ethyl adjacent to an activating group) is 1. The fourth-order valence-electron chi connectivity index (χ4n) is 3.96. The average molecular weight is 480 g/mol. The third kappa shape index (κ3) is 5.91. The third-order valence-electron chi connectivity index (χ3n) is 5.64. The van der Waals surface area contributed by atoms with Gasteiger partial charge in [-0.25, -0.2) is 0 Å². The number of nitriles is 1. The van der Waals surface area contributed by atoms with Gasteiger partial charge in [0.2, 0.25) is 5.91 Å². The van der Waals surface area contributed by atoms with Crippen molar-refractivity contribution in [3.8, 4) is 11.8 Å². The van der Waals surface area contributed by atoms with Crippen LogP contribution in [0, 0.1) is 11.3 Å². The Balaban J connectivity index is 0.000000406. The Morgan fingerprint density at radius 2 is 2.09 bits per heavy atom. The lowest BCUT2D eigenvalue weighted by molar-refractivity contribution is -0.127. The maximum Gasteiger partial charge on any atom is 0.235 e. The van der Waals surface area contributed by atoms with Crippen LogP contribution in [0.25, 0.3) is 0 Å². The minimum Gasteiger partial charge on any atom is -0.490 e. The lowest BCUT2D eigenvalue weighted by Crippen LogP contribution is -2.28. The molecule has 0 fully saturated rings. The van der Waals surface area contributed by atoms with Crippen LogP contribution < -0.4 is 10.5 Å². The van der Waals surface area contributed by atoms with E-state index in [-0.39, 0.29) is 23.9 Å². The van der Waals surface area contributed by atoms with Gasteiger partial charge in [0.1, 0.15) is 22.2 Å². The van der Waals surface area contributed by atoms with Gasteiger partial charge in [-0.15, -0.1) is 0 Å². The van der Waals surface area contributed by atoms with E-state index in [1.165, 1.54) is 34.4 Å². The molecule has 1 amide bonds. The van der Waals surface area contributed by atoms with E-state index in [0.29, 0.717) is 11.3 Å². The van der Waals surface area contributed by atoms with E-state index in [4.69, 9.17) is 15.6 Å². The van der Waals surface area contributed by atoms with Gasteiger partial charge in [0.15, 0.2) is 0 Å².